The first-order valence-corrected chi connectivity index (χ1v) is 7.14. The van der Waals surface area contributed by atoms with Crippen LogP contribution in [0.25, 0.3) is 0 Å². The number of benzene rings is 2. The number of carbonyl (C=O) groups excluding carboxylic acids is 1. The number of thioether (sulfide) groups is 1. The van der Waals surface area contributed by atoms with Crippen molar-refractivity contribution in [1.29, 1.82) is 0 Å². The second-order valence-corrected chi connectivity index (χ2v) is 5.22. The number of hydrogen-bond donors (Lipinski definition) is 0. The van der Waals surface area contributed by atoms with Crippen molar-refractivity contribution in [1.82, 2.24) is 0 Å². The van der Waals surface area contributed by atoms with Crippen molar-refractivity contribution in [2.45, 2.75) is 10.6 Å². The first kappa shape index (κ1) is 15.1. The Hall–Kier alpha value is -2.34. The van der Waals surface area contributed by atoms with E-state index in [0.29, 0.717) is 16.2 Å². The highest BCUT2D eigenvalue weighted by molar-refractivity contribution is 7.98. The van der Waals surface area contributed by atoms with Crippen molar-refractivity contribution in [3.8, 4) is 0 Å². The summed E-state index contributed by atoms with van der Waals surface area (Å²) in [6.07, 6.45) is 0. The molecule has 2 aromatic rings. The minimum Gasteiger partial charge on any atom is -0.465 e. The molecular weight excluding hydrogens is 290 g/mol. The second-order valence-electron chi connectivity index (χ2n) is 4.20. The Morgan fingerprint density at radius 1 is 1.19 bits per heavy atom. The van der Waals surface area contributed by atoms with Crippen molar-refractivity contribution in [2.75, 3.05) is 7.11 Å². The van der Waals surface area contributed by atoms with Gasteiger partial charge in [-0.2, -0.15) is 0 Å². The monoisotopic (exact) mass is 303 g/mol. The molecule has 2 aromatic carbocycles. The summed E-state index contributed by atoms with van der Waals surface area (Å²) in [5.41, 5.74) is 1.57. The molecule has 0 unspecified atom stereocenters. The number of esters is 1. The SMILES string of the molecule is COC(=O)c1ccc(CSc2ccccc2[N+](=O)[O-])cc1. The highest BCUT2D eigenvalue weighted by atomic mass is 32.2. The average Bonchev–Trinajstić information content (AvgIpc) is 2.52. The van der Waals surface area contributed by atoms with Crippen LogP contribution in [0.15, 0.2) is 53.4 Å². The molecule has 0 aliphatic rings. The van der Waals surface area contributed by atoms with Gasteiger partial charge in [-0.05, 0) is 23.8 Å². The van der Waals surface area contributed by atoms with E-state index in [4.69, 9.17) is 0 Å². The maximum absolute atomic E-state index is 11.3. The second kappa shape index (κ2) is 6.90. The molecule has 0 saturated carbocycles. The summed E-state index contributed by atoms with van der Waals surface area (Å²) >= 11 is 1.39. The molecule has 2 rings (SSSR count). The molecule has 0 fully saturated rings. The molecular formula is C15H13NO4S. The highest BCUT2D eigenvalue weighted by Crippen LogP contribution is 2.31. The zero-order valence-electron chi connectivity index (χ0n) is 11.3. The van der Waals surface area contributed by atoms with Crippen LogP contribution < -0.4 is 0 Å². The Balaban J connectivity index is 2.07. The Kier molecular flexibility index (Phi) is 4.94. The minimum atomic E-state index is -0.386. The minimum absolute atomic E-state index is 0.105. The van der Waals surface area contributed by atoms with Gasteiger partial charge in [-0.1, -0.05) is 24.3 Å². The predicted molar refractivity (Wildman–Crippen MR) is 80.4 cm³/mol. The van der Waals surface area contributed by atoms with Gasteiger partial charge in [-0.25, -0.2) is 4.79 Å². The normalized spacial score (nSPS) is 10.1. The standard InChI is InChI=1S/C15H13NO4S/c1-20-15(17)12-8-6-11(7-9-12)10-21-14-5-3-2-4-13(14)16(18)19/h2-9H,10H2,1H3. The number of carbonyl (C=O) groups is 1. The Morgan fingerprint density at radius 3 is 2.48 bits per heavy atom. The summed E-state index contributed by atoms with van der Waals surface area (Å²) < 4.78 is 4.63. The summed E-state index contributed by atoms with van der Waals surface area (Å²) in [7, 11) is 1.33. The van der Waals surface area contributed by atoms with Crippen molar-refractivity contribution < 1.29 is 14.5 Å². The quantitative estimate of drug-likeness (QED) is 0.365. The van der Waals surface area contributed by atoms with Crippen LogP contribution in [0.3, 0.4) is 0 Å². The van der Waals surface area contributed by atoms with Crippen LogP contribution in [-0.4, -0.2) is 18.0 Å². The molecule has 6 heteroatoms. The highest BCUT2D eigenvalue weighted by Gasteiger charge is 2.12. The maximum atomic E-state index is 11.3. The van der Waals surface area contributed by atoms with Gasteiger partial charge >= 0.3 is 5.97 Å². The molecule has 0 aromatic heterocycles. The molecule has 0 aliphatic heterocycles. The topological polar surface area (TPSA) is 69.4 Å². The first-order valence-electron chi connectivity index (χ1n) is 6.15. The largest absolute Gasteiger partial charge is 0.465 e. The van der Waals surface area contributed by atoms with E-state index < -0.39 is 0 Å². The lowest BCUT2D eigenvalue weighted by Crippen LogP contribution is -2.00. The van der Waals surface area contributed by atoms with Gasteiger partial charge in [0.2, 0.25) is 0 Å². The zero-order valence-corrected chi connectivity index (χ0v) is 12.1. The van der Waals surface area contributed by atoms with E-state index in [0.717, 1.165) is 5.56 Å². The van der Waals surface area contributed by atoms with Crippen molar-refractivity contribution in [3.63, 3.8) is 0 Å². The van der Waals surface area contributed by atoms with E-state index in [1.807, 2.05) is 12.1 Å². The number of hydrogen-bond acceptors (Lipinski definition) is 5. The fraction of sp³-hybridized carbons (Fsp3) is 0.133. The number of nitrogens with zero attached hydrogens (tertiary/aromatic N) is 1. The lowest BCUT2D eigenvalue weighted by molar-refractivity contribution is -0.387. The average molecular weight is 303 g/mol. The van der Waals surface area contributed by atoms with Gasteiger partial charge in [-0.3, -0.25) is 10.1 Å². The predicted octanol–water partition coefficient (Wildman–Crippen LogP) is 3.67. The number of para-hydroxylation sites is 1. The molecule has 0 saturated heterocycles. The lowest BCUT2D eigenvalue weighted by atomic mass is 10.1. The summed E-state index contributed by atoms with van der Waals surface area (Å²) in [4.78, 5) is 22.5. The molecule has 108 valence electrons. The van der Waals surface area contributed by atoms with Crippen LogP contribution in [-0.2, 0) is 10.5 Å². The number of nitro benzene ring substituents is 1. The molecule has 0 spiro atoms. The fourth-order valence-corrected chi connectivity index (χ4v) is 2.73. The number of nitro groups is 1. The summed E-state index contributed by atoms with van der Waals surface area (Å²) in [5, 5.41) is 10.9. The Labute approximate surface area is 126 Å². The van der Waals surface area contributed by atoms with Gasteiger partial charge in [0.1, 0.15) is 0 Å². The molecule has 0 aliphatic carbocycles. The number of rotatable bonds is 5. The molecule has 21 heavy (non-hydrogen) atoms. The van der Waals surface area contributed by atoms with Crippen LogP contribution in [0.4, 0.5) is 5.69 Å². The Morgan fingerprint density at radius 2 is 1.86 bits per heavy atom. The van der Waals surface area contributed by atoms with Crippen molar-refractivity contribution in [3.05, 3.63) is 69.8 Å². The molecule has 5 nitrogen and oxygen atoms in total. The van der Waals surface area contributed by atoms with Crippen LogP contribution >= 0.6 is 11.8 Å². The van der Waals surface area contributed by atoms with Gasteiger partial charge in [0.05, 0.1) is 22.5 Å². The molecule has 0 heterocycles. The molecule has 0 N–H and O–H groups in total. The van der Waals surface area contributed by atoms with Gasteiger partial charge in [0.25, 0.3) is 5.69 Å². The van der Waals surface area contributed by atoms with Crippen LogP contribution in [0.2, 0.25) is 0 Å². The summed E-state index contributed by atoms with van der Waals surface area (Å²) in [6, 6.07) is 13.6. The van der Waals surface area contributed by atoms with Gasteiger partial charge in [-0.15, -0.1) is 11.8 Å². The van der Waals surface area contributed by atoms with E-state index in [1.54, 1.807) is 30.3 Å². The zero-order chi connectivity index (χ0) is 15.2. The van der Waals surface area contributed by atoms with E-state index in [9.17, 15) is 14.9 Å². The van der Waals surface area contributed by atoms with E-state index in [1.165, 1.54) is 24.9 Å². The van der Waals surface area contributed by atoms with Crippen LogP contribution in [0.1, 0.15) is 15.9 Å². The molecule has 0 bridgehead atoms. The first-order chi connectivity index (χ1) is 10.1. The number of methoxy groups -OCH3 is 1. The maximum Gasteiger partial charge on any atom is 0.337 e. The fourth-order valence-electron chi connectivity index (χ4n) is 1.75. The molecule has 0 radical (unpaired) electrons. The van der Waals surface area contributed by atoms with E-state index >= 15 is 0 Å². The Bertz CT molecular complexity index is 655. The smallest absolute Gasteiger partial charge is 0.337 e. The van der Waals surface area contributed by atoms with E-state index in [-0.39, 0.29) is 16.6 Å². The van der Waals surface area contributed by atoms with Crippen molar-refractivity contribution in [2.24, 2.45) is 0 Å². The van der Waals surface area contributed by atoms with Crippen LogP contribution in [0, 0.1) is 10.1 Å². The van der Waals surface area contributed by atoms with Gasteiger partial charge < -0.3 is 4.74 Å². The van der Waals surface area contributed by atoms with Crippen molar-refractivity contribution >= 4 is 23.4 Å². The van der Waals surface area contributed by atoms with Gasteiger partial charge in [0, 0.05) is 11.8 Å². The third kappa shape index (κ3) is 3.82. The molecule has 0 atom stereocenters. The summed E-state index contributed by atoms with van der Waals surface area (Å²) in [5.74, 6) is 0.208. The third-order valence-electron chi connectivity index (χ3n) is 2.83. The lowest BCUT2D eigenvalue weighted by Gasteiger charge is -2.04. The molecule has 0 amide bonds. The van der Waals surface area contributed by atoms with E-state index in [2.05, 4.69) is 4.74 Å². The summed E-state index contributed by atoms with van der Waals surface area (Å²) in [6.45, 7) is 0. The third-order valence-corrected chi connectivity index (χ3v) is 3.97. The van der Waals surface area contributed by atoms with Crippen LogP contribution in [0.5, 0.6) is 0 Å². The number of ether oxygens (including phenoxy) is 1. The van der Waals surface area contributed by atoms with Gasteiger partial charge in [0.15, 0.2) is 0 Å².